The zero-order valence-electron chi connectivity index (χ0n) is 14.3. The molecule has 0 aromatic heterocycles. The van der Waals surface area contributed by atoms with E-state index >= 15 is 0 Å². The van der Waals surface area contributed by atoms with Crippen LogP contribution in [0.5, 0.6) is 0 Å². The highest BCUT2D eigenvalue weighted by Crippen LogP contribution is 2.20. The number of hydrogen-bond acceptors (Lipinski definition) is 3. The molecule has 1 aliphatic heterocycles. The standard InChI is InChI=1S/C18H26N2O3/c1-12(2)17(21)20-13(3)9-19(10-14(20)4)11-15-5-7-16(8-6-15)18(22)23/h5-8,12-14H,9-11H2,1-4H3,(H,22,23)/t13-,14+. The Labute approximate surface area is 137 Å². The van der Waals surface area contributed by atoms with Gasteiger partial charge in [-0.1, -0.05) is 26.0 Å². The van der Waals surface area contributed by atoms with Crippen LogP contribution in [0.3, 0.4) is 0 Å². The van der Waals surface area contributed by atoms with Gasteiger partial charge in [0.25, 0.3) is 0 Å². The molecule has 1 aromatic rings. The first-order chi connectivity index (χ1) is 10.8. The Bertz CT molecular complexity index is 556. The lowest BCUT2D eigenvalue weighted by molar-refractivity contribution is -0.142. The summed E-state index contributed by atoms with van der Waals surface area (Å²) in [5.74, 6) is -0.662. The van der Waals surface area contributed by atoms with E-state index in [0.29, 0.717) is 5.56 Å². The topological polar surface area (TPSA) is 60.9 Å². The van der Waals surface area contributed by atoms with Crippen LogP contribution in [-0.4, -0.2) is 52.0 Å². The maximum atomic E-state index is 12.3. The van der Waals surface area contributed by atoms with Crippen LogP contribution < -0.4 is 0 Å². The molecule has 5 heteroatoms. The lowest BCUT2D eigenvalue weighted by atomic mass is 10.0. The maximum absolute atomic E-state index is 12.3. The molecule has 1 fully saturated rings. The van der Waals surface area contributed by atoms with Crippen LogP contribution in [0.15, 0.2) is 24.3 Å². The second kappa shape index (κ2) is 7.13. The fourth-order valence-corrected chi connectivity index (χ4v) is 3.30. The molecule has 2 atom stereocenters. The number of aromatic carboxylic acids is 1. The third kappa shape index (κ3) is 4.10. The number of carbonyl (C=O) groups excluding carboxylic acids is 1. The number of piperazine rings is 1. The zero-order valence-corrected chi connectivity index (χ0v) is 14.3. The molecule has 0 saturated carbocycles. The first kappa shape index (κ1) is 17.5. The lowest BCUT2D eigenvalue weighted by Crippen LogP contribution is -2.59. The third-order valence-electron chi connectivity index (χ3n) is 4.35. The minimum Gasteiger partial charge on any atom is -0.478 e. The number of carboxylic acids is 1. The molecule has 1 N–H and O–H groups in total. The highest BCUT2D eigenvalue weighted by atomic mass is 16.4. The van der Waals surface area contributed by atoms with Gasteiger partial charge in [-0.25, -0.2) is 4.79 Å². The van der Waals surface area contributed by atoms with E-state index in [9.17, 15) is 9.59 Å². The Kier molecular flexibility index (Phi) is 5.42. The summed E-state index contributed by atoms with van der Waals surface area (Å²) in [6, 6.07) is 7.39. The van der Waals surface area contributed by atoms with Gasteiger partial charge in [-0.05, 0) is 31.5 Å². The molecule has 0 aliphatic carbocycles. The Morgan fingerprint density at radius 3 is 2.09 bits per heavy atom. The second-order valence-electron chi connectivity index (χ2n) is 6.79. The van der Waals surface area contributed by atoms with Crippen molar-refractivity contribution < 1.29 is 14.7 Å². The Balaban J connectivity index is 2.01. The van der Waals surface area contributed by atoms with Gasteiger partial charge < -0.3 is 10.0 Å². The van der Waals surface area contributed by atoms with Gasteiger partial charge in [-0.2, -0.15) is 0 Å². The molecule has 1 saturated heterocycles. The van der Waals surface area contributed by atoms with Crippen molar-refractivity contribution in [3.63, 3.8) is 0 Å². The molecule has 0 bridgehead atoms. The van der Waals surface area contributed by atoms with Crippen molar-refractivity contribution >= 4 is 11.9 Å². The third-order valence-corrected chi connectivity index (χ3v) is 4.35. The van der Waals surface area contributed by atoms with Gasteiger partial charge in [0.05, 0.1) is 5.56 Å². The van der Waals surface area contributed by atoms with E-state index in [2.05, 4.69) is 18.7 Å². The summed E-state index contributed by atoms with van der Waals surface area (Å²) in [6.45, 7) is 10.5. The summed E-state index contributed by atoms with van der Waals surface area (Å²) in [5.41, 5.74) is 1.40. The van der Waals surface area contributed by atoms with Gasteiger partial charge in [0.15, 0.2) is 0 Å². The highest BCUT2D eigenvalue weighted by Gasteiger charge is 2.33. The fraction of sp³-hybridized carbons (Fsp3) is 0.556. The molecule has 0 spiro atoms. The molecule has 5 nitrogen and oxygen atoms in total. The molecule has 1 heterocycles. The molecule has 126 valence electrons. The van der Waals surface area contributed by atoms with E-state index in [-0.39, 0.29) is 23.9 Å². The Morgan fingerprint density at radius 2 is 1.65 bits per heavy atom. The molecule has 0 radical (unpaired) electrons. The number of carboxylic acid groups (broad SMARTS) is 1. The van der Waals surface area contributed by atoms with E-state index in [0.717, 1.165) is 25.2 Å². The SMILES string of the molecule is CC(C)C(=O)N1[C@H](C)CN(Cc2ccc(C(=O)O)cc2)C[C@@H]1C. The van der Waals surface area contributed by atoms with Crippen LogP contribution in [0, 0.1) is 5.92 Å². The normalized spacial score (nSPS) is 22.4. The van der Waals surface area contributed by atoms with Crippen LogP contribution >= 0.6 is 0 Å². The number of hydrogen-bond donors (Lipinski definition) is 1. The van der Waals surface area contributed by atoms with Gasteiger partial charge in [0.2, 0.25) is 5.91 Å². The molecule has 1 amide bonds. The van der Waals surface area contributed by atoms with Crippen LogP contribution in [0.1, 0.15) is 43.6 Å². The molecule has 1 aromatic carbocycles. The zero-order chi connectivity index (χ0) is 17.1. The molecular weight excluding hydrogens is 292 g/mol. The number of carbonyl (C=O) groups is 2. The van der Waals surface area contributed by atoms with Crippen LogP contribution in [-0.2, 0) is 11.3 Å². The van der Waals surface area contributed by atoms with Crippen molar-refractivity contribution in [2.75, 3.05) is 13.1 Å². The number of amides is 1. The quantitative estimate of drug-likeness (QED) is 0.926. The average molecular weight is 318 g/mol. The highest BCUT2D eigenvalue weighted by molar-refractivity contribution is 5.87. The minimum absolute atomic E-state index is 0.0232. The minimum atomic E-state index is -0.903. The van der Waals surface area contributed by atoms with Crippen LogP contribution in [0.2, 0.25) is 0 Å². The summed E-state index contributed by atoms with van der Waals surface area (Å²) in [4.78, 5) is 27.6. The first-order valence-corrected chi connectivity index (χ1v) is 8.16. The van der Waals surface area contributed by atoms with E-state index in [1.165, 1.54) is 0 Å². The Morgan fingerprint density at radius 1 is 1.13 bits per heavy atom. The van der Waals surface area contributed by atoms with E-state index < -0.39 is 5.97 Å². The Hall–Kier alpha value is -1.88. The van der Waals surface area contributed by atoms with E-state index in [1.54, 1.807) is 12.1 Å². The summed E-state index contributed by atoms with van der Waals surface area (Å²) >= 11 is 0. The summed E-state index contributed by atoms with van der Waals surface area (Å²) in [5, 5.41) is 8.94. The lowest BCUT2D eigenvalue weighted by Gasteiger charge is -2.45. The van der Waals surface area contributed by atoms with E-state index in [4.69, 9.17) is 5.11 Å². The predicted octanol–water partition coefficient (Wildman–Crippen LogP) is 2.46. The van der Waals surface area contributed by atoms with Crippen molar-refractivity contribution in [2.45, 2.75) is 46.3 Å². The maximum Gasteiger partial charge on any atom is 0.335 e. The van der Waals surface area contributed by atoms with Crippen LogP contribution in [0.4, 0.5) is 0 Å². The smallest absolute Gasteiger partial charge is 0.335 e. The van der Waals surface area contributed by atoms with Crippen LogP contribution in [0.25, 0.3) is 0 Å². The summed E-state index contributed by atoms with van der Waals surface area (Å²) in [6.07, 6.45) is 0. The van der Waals surface area contributed by atoms with Crippen molar-refractivity contribution in [1.29, 1.82) is 0 Å². The molecule has 1 aliphatic rings. The van der Waals surface area contributed by atoms with Crippen molar-refractivity contribution in [1.82, 2.24) is 9.80 Å². The number of nitrogens with zero attached hydrogens (tertiary/aromatic N) is 2. The number of rotatable bonds is 4. The summed E-state index contributed by atoms with van der Waals surface area (Å²) in [7, 11) is 0. The fourth-order valence-electron chi connectivity index (χ4n) is 3.30. The first-order valence-electron chi connectivity index (χ1n) is 8.16. The summed E-state index contributed by atoms with van der Waals surface area (Å²) < 4.78 is 0. The van der Waals surface area contributed by atoms with Crippen molar-refractivity contribution in [2.24, 2.45) is 5.92 Å². The van der Waals surface area contributed by atoms with Gasteiger partial charge in [-0.3, -0.25) is 9.69 Å². The number of benzene rings is 1. The van der Waals surface area contributed by atoms with E-state index in [1.807, 2.05) is 30.9 Å². The van der Waals surface area contributed by atoms with Crippen molar-refractivity contribution in [3.05, 3.63) is 35.4 Å². The molecule has 2 rings (SSSR count). The molecule has 23 heavy (non-hydrogen) atoms. The average Bonchev–Trinajstić information content (AvgIpc) is 2.46. The predicted molar refractivity (Wildman–Crippen MR) is 89.3 cm³/mol. The second-order valence-corrected chi connectivity index (χ2v) is 6.79. The largest absolute Gasteiger partial charge is 0.478 e. The van der Waals surface area contributed by atoms with Gasteiger partial charge in [-0.15, -0.1) is 0 Å². The van der Waals surface area contributed by atoms with Gasteiger partial charge in [0, 0.05) is 37.6 Å². The molecular formula is C18H26N2O3. The van der Waals surface area contributed by atoms with Gasteiger partial charge in [0.1, 0.15) is 0 Å². The van der Waals surface area contributed by atoms with Crippen molar-refractivity contribution in [3.8, 4) is 0 Å². The molecule has 0 unspecified atom stereocenters. The van der Waals surface area contributed by atoms with Gasteiger partial charge >= 0.3 is 5.97 Å². The monoisotopic (exact) mass is 318 g/mol.